The second-order valence-electron chi connectivity index (χ2n) is 6.19. The average Bonchev–Trinajstić information content (AvgIpc) is 2.63. The van der Waals surface area contributed by atoms with Gasteiger partial charge >= 0.3 is 0 Å². The molecule has 7 heteroatoms. The van der Waals surface area contributed by atoms with Crippen LogP contribution >= 0.6 is 0 Å². The molecule has 1 fully saturated rings. The standard InChI is InChI=1S/C18H30N2O4S/c1-3-5-14-25(21,22)19-15-18(20-10-12-23-13-11-20)16-6-8-17(9-7-16)24-4-2/h6-9,18-19H,3-5,10-15H2,1-2H3. The third kappa shape index (κ3) is 6.58. The molecule has 1 aliphatic heterocycles. The lowest BCUT2D eigenvalue weighted by molar-refractivity contribution is 0.0172. The first-order chi connectivity index (χ1) is 12.1. The topological polar surface area (TPSA) is 67.9 Å². The number of hydrogen-bond donors (Lipinski definition) is 1. The Balaban J connectivity index is 2.09. The van der Waals surface area contributed by atoms with Crippen molar-refractivity contribution in [3.63, 3.8) is 0 Å². The quantitative estimate of drug-likeness (QED) is 0.684. The Morgan fingerprint density at radius 2 is 1.88 bits per heavy atom. The second-order valence-corrected chi connectivity index (χ2v) is 8.11. The lowest BCUT2D eigenvalue weighted by Crippen LogP contribution is -2.44. The van der Waals surface area contributed by atoms with Crippen LogP contribution in [0.5, 0.6) is 5.75 Å². The molecule has 1 saturated heterocycles. The highest BCUT2D eigenvalue weighted by molar-refractivity contribution is 7.89. The zero-order valence-corrected chi connectivity index (χ0v) is 16.1. The highest BCUT2D eigenvalue weighted by Crippen LogP contribution is 2.24. The number of rotatable bonds is 10. The van der Waals surface area contributed by atoms with Crippen molar-refractivity contribution in [1.29, 1.82) is 0 Å². The first kappa shape index (κ1) is 20.2. The van der Waals surface area contributed by atoms with Crippen LogP contribution in [0.4, 0.5) is 0 Å². The molecule has 0 saturated carbocycles. The molecule has 1 aromatic rings. The van der Waals surface area contributed by atoms with E-state index in [-0.39, 0.29) is 11.8 Å². The molecule has 0 spiro atoms. The van der Waals surface area contributed by atoms with Crippen LogP contribution in [0, 0.1) is 0 Å². The van der Waals surface area contributed by atoms with E-state index in [1.54, 1.807) is 0 Å². The molecule has 1 atom stereocenters. The molecule has 1 N–H and O–H groups in total. The molecular weight excluding hydrogens is 340 g/mol. The summed E-state index contributed by atoms with van der Waals surface area (Å²) in [5, 5.41) is 0. The number of sulfonamides is 1. The van der Waals surface area contributed by atoms with Crippen LogP contribution in [-0.4, -0.2) is 58.5 Å². The predicted octanol–water partition coefficient (Wildman–Crippen LogP) is 2.18. The van der Waals surface area contributed by atoms with Crippen LogP contribution in [0.2, 0.25) is 0 Å². The van der Waals surface area contributed by atoms with Gasteiger partial charge in [-0.15, -0.1) is 0 Å². The Morgan fingerprint density at radius 3 is 2.48 bits per heavy atom. The third-order valence-corrected chi connectivity index (χ3v) is 5.76. The highest BCUT2D eigenvalue weighted by Gasteiger charge is 2.24. The number of morpholine rings is 1. The van der Waals surface area contributed by atoms with E-state index in [2.05, 4.69) is 9.62 Å². The zero-order valence-electron chi connectivity index (χ0n) is 15.2. The van der Waals surface area contributed by atoms with Gasteiger partial charge in [-0.1, -0.05) is 25.5 Å². The summed E-state index contributed by atoms with van der Waals surface area (Å²) in [5.74, 6) is 1.01. The Bertz CT molecular complexity index is 598. The van der Waals surface area contributed by atoms with E-state index in [1.165, 1.54) is 0 Å². The van der Waals surface area contributed by atoms with Crippen LogP contribution < -0.4 is 9.46 Å². The summed E-state index contributed by atoms with van der Waals surface area (Å²) in [6.07, 6.45) is 1.55. The molecule has 1 heterocycles. The molecule has 1 aromatic carbocycles. The normalized spacial score (nSPS) is 17.4. The molecule has 25 heavy (non-hydrogen) atoms. The van der Waals surface area contributed by atoms with Gasteiger partial charge in [0.2, 0.25) is 10.0 Å². The van der Waals surface area contributed by atoms with Gasteiger partial charge in [-0.25, -0.2) is 13.1 Å². The monoisotopic (exact) mass is 370 g/mol. The smallest absolute Gasteiger partial charge is 0.211 e. The maximum Gasteiger partial charge on any atom is 0.211 e. The predicted molar refractivity (Wildman–Crippen MR) is 99.4 cm³/mol. The van der Waals surface area contributed by atoms with Crippen LogP contribution in [0.15, 0.2) is 24.3 Å². The molecule has 142 valence electrons. The minimum atomic E-state index is -3.23. The summed E-state index contributed by atoms with van der Waals surface area (Å²) in [5.41, 5.74) is 1.09. The third-order valence-electron chi connectivity index (χ3n) is 4.33. The maximum absolute atomic E-state index is 12.2. The molecule has 0 aromatic heterocycles. The van der Waals surface area contributed by atoms with E-state index in [1.807, 2.05) is 38.1 Å². The number of ether oxygens (including phenoxy) is 2. The molecule has 1 unspecified atom stereocenters. The number of nitrogens with one attached hydrogen (secondary N) is 1. The molecule has 6 nitrogen and oxygen atoms in total. The Labute approximate surface area is 151 Å². The van der Waals surface area contributed by atoms with Crippen LogP contribution in [0.1, 0.15) is 38.3 Å². The Morgan fingerprint density at radius 1 is 1.20 bits per heavy atom. The van der Waals surface area contributed by atoms with Crippen molar-refractivity contribution >= 4 is 10.0 Å². The van der Waals surface area contributed by atoms with Gasteiger partial charge in [-0.05, 0) is 31.0 Å². The summed E-state index contributed by atoms with van der Waals surface area (Å²) < 4.78 is 38.1. The van der Waals surface area contributed by atoms with Crippen LogP contribution in [0.25, 0.3) is 0 Å². The van der Waals surface area contributed by atoms with Crippen molar-refractivity contribution in [2.75, 3.05) is 45.2 Å². The zero-order chi connectivity index (χ0) is 18.1. The van der Waals surface area contributed by atoms with Gasteiger partial charge in [0.05, 0.1) is 25.6 Å². The summed E-state index contributed by atoms with van der Waals surface area (Å²) in [4.78, 5) is 2.28. The van der Waals surface area contributed by atoms with Crippen molar-refractivity contribution in [1.82, 2.24) is 9.62 Å². The summed E-state index contributed by atoms with van der Waals surface area (Å²) in [6, 6.07) is 7.92. The van der Waals surface area contributed by atoms with Crippen LogP contribution in [0.3, 0.4) is 0 Å². The van der Waals surface area contributed by atoms with E-state index in [0.29, 0.717) is 32.8 Å². The van der Waals surface area contributed by atoms with Gasteiger partial charge in [0.15, 0.2) is 0 Å². The Hall–Kier alpha value is -1.15. The number of hydrogen-bond acceptors (Lipinski definition) is 5. The highest BCUT2D eigenvalue weighted by atomic mass is 32.2. The second kappa shape index (κ2) is 10.1. The average molecular weight is 371 g/mol. The van der Waals surface area contributed by atoms with E-state index < -0.39 is 10.0 Å². The van der Waals surface area contributed by atoms with Crippen molar-refractivity contribution in [2.24, 2.45) is 0 Å². The summed E-state index contributed by atoms with van der Waals surface area (Å²) >= 11 is 0. The minimum absolute atomic E-state index is 0.00372. The molecule has 1 aliphatic rings. The van der Waals surface area contributed by atoms with Gasteiger partial charge in [0, 0.05) is 25.7 Å². The van der Waals surface area contributed by atoms with E-state index in [9.17, 15) is 8.42 Å². The Kier molecular flexibility index (Phi) is 8.15. The van der Waals surface area contributed by atoms with Crippen molar-refractivity contribution in [3.8, 4) is 5.75 Å². The van der Waals surface area contributed by atoms with Gasteiger partial charge in [0.25, 0.3) is 0 Å². The van der Waals surface area contributed by atoms with E-state index >= 15 is 0 Å². The number of benzene rings is 1. The van der Waals surface area contributed by atoms with E-state index in [4.69, 9.17) is 9.47 Å². The molecule has 0 bridgehead atoms. The van der Waals surface area contributed by atoms with Gasteiger partial charge in [-0.2, -0.15) is 0 Å². The van der Waals surface area contributed by atoms with Gasteiger partial charge < -0.3 is 9.47 Å². The summed E-state index contributed by atoms with van der Waals surface area (Å²) in [6.45, 7) is 7.90. The molecule has 0 amide bonds. The van der Waals surface area contributed by atoms with Crippen molar-refractivity contribution in [2.45, 2.75) is 32.7 Å². The first-order valence-corrected chi connectivity index (χ1v) is 10.7. The first-order valence-electron chi connectivity index (χ1n) is 9.07. The molecule has 0 aliphatic carbocycles. The fraction of sp³-hybridized carbons (Fsp3) is 0.667. The molecule has 0 radical (unpaired) electrons. The summed E-state index contributed by atoms with van der Waals surface area (Å²) in [7, 11) is -3.23. The van der Waals surface area contributed by atoms with Gasteiger partial charge in [0.1, 0.15) is 5.75 Å². The fourth-order valence-corrected chi connectivity index (χ4v) is 4.14. The SMILES string of the molecule is CCCCS(=O)(=O)NCC(c1ccc(OCC)cc1)N1CCOCC1. The minimum Gasteiger partial charge on any atom is -0.494 e. The van der Waals surface area contributed by atoms with Crippen molar-refractivity contribution < 1.29 is 17.9 Å². The number of nitrogens with zero attached hydrogens (tertiary/aromatic N) is 1. The molecular formula is C18H30N2O4S. The largest absolute Gasteiger partial charge is 0.494 e. The van der Waals surface area contributed by atoms with Crippen LogP contribution in [-0.2, 0) is 14.8 Å². The molecule has 2 rings (SSSR count). The maximum atomic E-state index is 12.2. The lowest BCUT2D eigenvalue weighted by atomic mass is 10.0. The fourth-order valence-electron chi connectivity index (χ4n) is 2.91. The van der Waals surface area contributed by atoms with Crippen molar-refractivity contribution in [3.05, 3.63) is 29.8 Å². The number of unbranched alkanes of at least 4 members (excludes halogenated alkanes) is 1. The lowest BCUT2D eigenvalue weighted by Gasteiger charge is -2.35. The van der Waals surface area contributed by atoms with Gasteiger partial charge in [-0.3, -0.25) is 4.90 Å². The van der Waals surface area contributed by atoms with E-state index in [0.717, 1.165) is 30.8 Å².